The lowest BCUT2D eigenvalue weighted by Crippen LogP contribution is -2.47. The van der Waals surface area contributed by atoms with E-state index >= 15 is 0 Å². The lowest BCUT2D eigenvalue weighted by atomic mass is 10.0. The number of unbranched alkanes of at least 4 members (excludes halogenated alkanes) is 24. The van der Waals surface area contributed by atoms with Crippen LogP contribution in [0.25, 0.3) is 0 Å². The molecule has 0 radical (unpaired) electrons. The molecule has 0 aliphatic carbocycles. The summed E-state index contributed by atoms with van der Waals surface area (Å²) in [4.78, 5) is 37.6. The molecule has 70 heavy (non-hydrogen) atoms. The van der Waals surface area contributed by atoms with Crippen molar-refractivity contribution in [3.05, 3.63) is 85.1 Å². The van der Waals surface area contributed by atoms with E-state index in [0.717, 1.165) is 116 Å². The highest BCUT2D eigenvalue weighted by molar-refractivity contribution is 7.47. The summed E-state index contributed by atoms with van der Waals surface area (Å²) < 4.78 is 30.6. The number of phosphoric ester groups is 1. The van der Waals surface area contributed by atoms with Gasteiger partial charge in [-0.05, 0) is 83.1 Å². The maximum Gasteiger partial charge on any atom is 0.472 e. The molecular weight excluding hydrogens is 892 g/mol. The van der Waals surface area contributed by atoms with Crippen LogP contribution in [0.4, 0.5) is 0 Å². The van der Waals surface area contributed by atoms with E-state index in [1.54, 1.807) is 0 Å². The molecule has 2 N–H and O–H groups in total. The second-order valence-electron chi connectivity index (χ2n) is 20.1. The Morgan fingerprint density at radius 1 is 0.529 bits per heavy atom. The fourth-order valence-corrected chi connectivity index (χ4v) is 8.51. The van der Waals surface area contributed by atoms with Crippen LogP contribution in [0.2, 0.25) is 0 Å². The normalized spacial score (nSPS) is 14.4. The van der Waals surface area contributed by atoms with Crippen LogP contribution in [0.3, 0.4) is 0 Å². The van der Waals surface area contributed by atoms with E-state index in [9.17, 15) is 19.0 Å². The first-order valence-electron chi connectivity index (χ1n) is 28.4. The fourth-order valence-electron chi connectivity index (χ4n) is 7.78. The SMILES string of the molecule is CC/C=C/C=C/C=C/CCCCCCCCCC(=O)OC(/C=C/CCCCCCCCCCCCC)C(COP(=O)(O)OCC[N+](C)(C)C)NC(=O)CCCCCCCC/C=C/C/C=C/C/C=C/CC. The van der Waals surface area contributed by atoms with Crippen molar-refractivity contribution in [2.45, 2.75) is 245 Å². The van der Waals surface area contributed by atoms with Crippen LogP contribution in [0.5, 0.6) is 0 Å². The Morgan fingerprint density at radius 2 is 0.986 bits per heavy atom. The van der Waals surface area contributed by atoms with Crippen LogP contribution in [0, 0.1) is 0 Å². The number of ether oxygens (including phenoxy) is 1. The number of carbonyl (C=O) groups excluding carboxylic acids is 2. The molecular formula is C60H108N2O7P+. The number of likely N-dealkylation sites (N-methyl/N-ethyl adjacent to an activating group) is 1. The molecule has 0 saturated carbocycles. The minimum Gasteiger partial charge on any atom is -0.456 e. The lowest BCUT2D eigenvalue weighted by molar-refractivity contribution is -0.870. The Labute approximate surface area is 431 Å². The van der Waals surface area contributed by atoms with Gasteiger partial charge in [0.1, 0.15) is 19.3 Å². The van der Waals surface area contributed by atoms with Gasteiger partial charge < -0.3 is 19.4 Å². The Balaban J connectivity index is 5.42. The van der Waals surface area contributed by atoms with E-state index < -0.39 is 20.0 Å². The molecule has 0 fully saturated rings. The standard InChI is InChI=1S/C60H107N2O7P/c1-7-10-13-16-19-22-25-28-30-32-34-37-40-43-46-49-52-59(63)61-57(56-68-70(65,66)67-55-54-62(4,5)6)58(51-48-45-42-39-36-33-27-24-21-18-15-12-9-3)69-60(64)53-50-47-44-41-38-35-31-29-26-23-20-17-14-11-8-2/h10-11,13-14,17,19-20,22-23,26,28,30,48,51,57-58H,7-9,12,15-16,18,21,24-25,27,29,31-47,49-50,52-56H2,1-6H3,(H-,61,63,65,66)/p+1/b13-10+,14-11+,20-17+,22-19+,26-23+,30-28+,51-48+. The van der Waals surface area contributed by atoms with Gasteiger partial charge in [-0.25, -0.2) is 4.57 Å². The molecule has 0 spiro atoms. The first-order valence-corrected chi connectivity index (χ1v) is 29.9. The first-order chi connectivity index (χ1) is 33.9. The van der Waals surface area contributed by atoms with Crippen molar-refractivity contribution < 1.29 is 37.3 Å². The maximum atomic E-state index is 13.5. The molecule has 0 aliphatic rings. The van der Waals surface area contributed by atoms with Gasteiger partial charge in [0.15, 0.2) is 0 Å². The number of nitrogens with one attached hydrogen (secondary N) is 1. The third-order valence-electron chi connectivity index (χ3n) is 12.1. The molecule has 0 aromatic rings. The minimum atomic E-state index is -4.45. The summed E-state index contributed by atoms with van der Waals surface area (Å²) in [6.07, 6.45) is 64.3. The van der Waals surface area contributed by atoms with E-state index in [1.807, 2.05) is 33.3 Å². The highest BCUT2D eigenvalue weighted by Crippen LogP contribution is 2.43. The molecule has 0 rings (SSSR count). The fraction of sp³-hybridized carbons (Fsp3) is 0.733. The molecule has 0 heterocycles. The molecule has 3 unspecified atom stereocenters. The van der Waals surface area contributed by atoms with Gasteiger partial charge in [0.05, 0.1) is 33.8 Å². The summed E-state index contributed by atoms with van der Waals surface area (Å²) in [6.45, 7) is 6.74. The number of esters is 1. The highest BCUT2D eigenvalue weighted by Gasteiger charge is 2.30. The van der Waals surface area contributed by atoms with Gasteiger partial charge in [-0.3, -0.25) is 18.6 Å². The number of allylic oxidation sites excluding steroid dienone is 13. The van der Waals surface area contributed by atoms with Crippen LogP contribution in [0.15, 0.2) is 85.1 Å². The average Bonchev–Trinajstić information content (AvgIpc) is 3.32. The van der Waals surface area contributed by atoms with Gasteiger partial charge in [-0.2, -0.15) is 0 Å². The van der Waals surface area contributed by atoms with Crippen LogP contribution in [-0.4, -0.2) is 74.3 Å². The highest BCUT2D eigenvalue weighted by atomic mass is 31.2. The van der Waals surface area contributed by atoms with Gasteiger partial charge in [-0.1, -0.05) is 222 Å². The van der Waals surface area contributed by atoms with E-state index in [1.165, 1.54) is 83.5 Å². The number of rotatable bonds is 50. The second kappa shape index (κ2) is 49.8. The van der Waals surface area contributed by atoms with Crippen LogP contribution in [-0.2, 0) is 27.9 Å². The van der Waals surface area contributed by atoms with E-state index in [-0.39, 0.29) is 31.5 Å². The van der Waals surface area contributed by atoms with Gasteiger partial charge in [0, 0.05) is 12.8 Å². The number of carbonyl (C=O) groups is 2. The minimum absolute atomic E-state index is 0.0316. The van der Waals surface area contributed by atoms with Gasteiger partial charge in [0.2, 0.25) is 5.91 Å². The zero-order valence-corrected chi connectivity index (χ0v) is 46.9. The molecule has 0 aromatic heterocycles. The van der Waals surface area contributed by atoms with Gasteiger partial charge in [0.25, 0.3) is 0 Å². The molecule has 3 atom stereocenters. The van der Waals surface area contributed by atoms with Gasteiger partial charge >= 0.3 is 13.8 Å². The zero-order valence-electron chi connectivity index (χ0n) is 46.0. The predicted octanol–water partition coefficient (Wildman–Crippen LogP) is 17.0. The smallest absolute Gasteiger partial charge is 0.456 e. The van der Waals surface area contributed by atoms with Crippen molar-refractivity contribution in [2.75, 3.05) is 40.9 Å². The quantitative estimate of drug-likeness (QED) is 0.0156. The zero-order chi connectivity index (χ0) is 51.5. The second-order valence-corrected chi connectivity index (χ2v) is 21.6. The van der Waals surface area contributed by atoms with Crippen molar-refractivity contribution in [2.24, 2.45) is 0 Å². The van der Waals surface area contributed by atoms with Crippen molar-refractivity contribution in [3.63, 3.8) is 0 Å². The molecule has 0 saturated heterocycles. The van der Waals surface area contributed by atoms with Gasteiger partial charge in [-0.15, -0.1) is 0 Å². The largest absolute Gasteiger partial charge is 0.472 e. The Morgan fingerprint density at radius 3 is 1.53 bits per heavy atom. The lowest BCUT2D eigenvalue weighted by Gasteiger charge is -2.27. The third kappa shape index (κ3) is 50.1. The molecule has 0 bridgehead atoms. The van der Waals surface area contributed by atoms with E-state index in [4.69, 9.17) is 13.8 Å². The molecule has 0 aliphatic heterocycles. The van der Waals surface area contributed by atoms with Crippen molar-refractivity contribution in [1.82, 2.24) is 5.32 Å². The Kier molecular flexibility index (Phi) is 47.8. The van der Waals surface area contributed by atoms with Crippen LogP contribution < -0.4 is 5.32 Å². The maximum absolute atomic E-state index is 13.5. The molecule has 404 valence electrons. The molecule has 9 nitrogen and oxygen atoms in total. The van der Waals surface area contributed by atoms with Crippen molar-refractivity contribution in [1.29, 1.82) is 0 Å². The number of nitrogens with zero attached hydrogens (tertiary/aromatic N) is 1. The van der Waals surface area contributed by atoms with Crippen molar-refractivity contribution in [3.8, 4) is 0 Å². The third-order valence-corrected chi connectivity index (χ3v) is 13.1. The topological polar surface area (TPSA) is 111 Å². The predicted molar refractivity (Wildman–Crippen MR) is 300 cm³/mol. The number of hydrogen-bond donors (Lipinski definition) is 2. The van der Waals surface area contributed by atoms with E-state index in [2.05, 4.69) is 99.0 Å². The summed E-state index contributed by atoms with van der Waals surface area (Å²) in [5.74, 6) is -0.538. The summed E-state index contributed by atoms with van der Waals surface area (Å²) in [6, 6.07) is -0.863. The molecule has 0 aromatic carbocycles. The Bertz CT molecular complexity index is 1480. The van der Waals surface area contributed by atoms with Crippen molar-refractivity contribution >= 4 is 19.7 Å². The summed E-state index contributed by atoms with van der Waals surface area (Å²) in [5, 5.41) is 3.04. The summed E-state index contributed by atoms with van der Waals surface area (Å²) in [5.41, 5.74) is 0. The van der Waals surface area contributed by atoms with Crippen LogP contribution >= 0.6 is 7.82 Å². The molecule has 10 heteroatoms. The number of quaternary nitrogens is 1. The first kappa shape index (κ1) is 67.2. The van der Waals surface area contributed by atoms with E-state index in [0.29, 0.717) is 17.4 Å². The summed E-state index contributed by atoms with van der Waals surface area (Å²) >= 11 is 0. The monoisotopic (exact) mass is 1000 g/mol. The summed E-state index contributed by atoms with van der Waals surface area (Å²) in [7, 11) is 1.47. The Hall–Kier alpha value is -2.81. The number of hydrogen-bond acceptors (Lipinski definition) is 6. The number of phosphoric acid groups is 1. The average molecular weight is 1000 g/mol. The number of amides is 1. The molecule has 1 amide bonds. The van der Waals surface area contributed by atoms with Crippen LogP contribution in [0.1, 0.15) is 233 Å².